The highest BCUT2D eigenvalue weighted by Crippen LogP contribution is 2.35. The lowest BCUT2D eigenvalue weighted by Gasteiger charge is -2.02. The van der Waals surface area contributed by atoms with Crippen molar-refractivity contribution in [2.45, 2.75) is 25.6 Å². The van der Waals surface area contributed by atoms with E-state index >= 15 is 0 Å². The van der Waals surface area contributed by atoms with E-state index in [9.17, 15) is 0 Å². The molecular weight excluding hydrogens is 164 g/mol. The van der Waals surface area contributed by atoms with Crippen LogP contribution in [0.25, 0.3) is 0 Å². The summed E-state index contributed by atoms with van der Waals surface area (Å²) in [6.45, 7) is 2.99. The summed E-state index contributed by atoms with van der Waals surface area (Å²) >= 11 is 0. The summed E-state index contributed by atoms with van der Waals surface area (Å²) in [6.07, 6.45) is 1.74. The van der Waals surface area contributed by atoms with Gasteiger partial charge in [0.15, 0.2) is 0 Å². The third kappa shape index (κ3) is 1.22. The molecule has 0 N–H and O–H groups in total. The molecule has 2 heteroatoms. The highest BCUT2D eigenvalue weighted by atomic mass is 16.6. The molecule has 2 heterocycles. The molecule has 1 aromatic rings. The molecule has 13 heavy (non-hydrogen) atoms. The van der Waals surface area contributed by atoms with Gasteiger partial charge in [0.25, 0.3) is 0 Å². The van der Waals surface area contributed by atoms with Gasteiger partial charge in [-0.3, -0.25) is 0 Å². The maximum atomic E-state index is 5.62. The van der Waals surface area contributed by atoms with Crippen molar-refractivity contribution in [2.24, 2.45) is 0 Å². The smallest absolute Gasteiger partial charge is 0.123 e. The summed E-state index contributed by atoms with van der Waals surface area (Å²) in [4.78, 5) is 0. The van der Waals surface area contributed by atoms with Crippen LogP contribution >= 0.6 is 0 Å². The number of hydrogen-bond donors (Lipinski definition) is 0. The van der Waals surface area contributed by atoms with E-state index in [0.717, 1.165) is 18.8 Å². The van der Waals surface area contributed by atoms with Crippen LogP contribution in [0.1, 0.15) is 24.2 Å². The molecule has 0 aromatic heterocycles. The molecule has 1 aromatic carbocycles. The van der Waals surface area contributed by atoms with E-state index in [2.05, 4.69) is 25.1 Å². The Balaban J connectivity index is 1.98. The van der Waals surface area contributed by atoms with Crippen molar-refractivity contribution in [3.63, 3.8) is 0 Å². The van der Waals surface area contributed by atoms with Gasteiger partial charge in [-0.25, -0.2) is 0 Å². The predicted octanol–water partition coefficient (Wildman–Crippen LogP) is 2.08. The monoisotopic (exact) mass is 176 g/mol. The summed E-state index contributed by atoms with van der Waals surface area (Å²) in [5.74, 6) is 1.05. The van der Waals surface area contributed by atoms with Crippen molar-refractivity contribution >= 4 is 0 Å². The zero-order valence-corrected chi connectivity index (χ0v) is 7.62. The van der Waals surface area contributed by atoms with Gasteiger partial charge in [-0.2, -0.15) is 0 Å². The third-order valence-corrected chi connectivity index (χ3v) is 2.63. The second-order valence-corrected chi connectivity index (χ2v) is 3.82. The fourth-order valence-corrected chi connectivity index (χ4v) is 1.88. The number of benzene rings is 1. The number of ether oxygens (including phenoxy) is 2. The van der Waals surface area contributed by atoms with Crippen molar-refractivity contribution in [3.05, 3.63) is 29.3 Å². The second-order valence-electron chi connectivity index (χ2n) is 3.82. The molecular formula is C11H12O2. The summed E-state index contributed by atoms with van der Waals surface area (Å²) in [5.41, 5.74) is 2.64. The van der Waals surface area contributed by atoms with Crippen LogP contribution in [-0.4, -0.2) is 12.7 Å². The second kappa shape index (κ2) is 2.48. The quantitative estimate of drug-likeness (QED) is 0.611. The van der Waals surface area contributed by atoms with Crippen LogP contribution in [0.3, 0.4) is 0 Å². The van der Waals surface area contributed by atoms with Gasteiger partial charge in [0.2, 0.25) is 0 Å². The molecule has 2 atom stereocenters. The summed E-state index contributed by atoms with van der Waals surface area (Å²) in [7, 11) is 0. The Labute approximate surface area is 77.5 Å². The maximum Gasteiger partial charge on any atom is 0.123 e. The molecule has 0 amide bonds. The number of epoxide rings is 1. The molecule has 2 aliphatic heterocycles. The minimum Gasteiger partial charge on any atom is -0.490 e. The third-order valence-electron chi connectivity index (χ3n) is 2.63. The maximum absolute atomic E-state index is 5.62. The predicted molar refractivity (Wildman–Crippen MR) is 48.9 cm³/mol. The Kier molecular flexibility index (Phi) is 1.41. The van der Waals surface area contributed by atoms with E-state index in [4.69, 9.17) is 9.47 Å². The molecule has 0 radical (unpaired) electrons. The molecule has 1 saturated heterocycles. The van der Waals surface area contributed by atoms with Crippen LogP contribution in [0.15, 0.2) is 18.2 Å². The Bertz CT molecular complexity index is 342. The van der Waals surface area contributed by atoms with Gasteiger partial charge in [0, 0.05) is 6.42 Å². The molecule has 0 bridgehead atoms. The molecule has 2 nitrogen and oxygen atoms in total. The number of hydrogen-bond acceptors (Lipinski definition) is 2. The topological polar surface area (TPSA) is 21.8 Å². The van der Waals surface area contributed by atoms with Gasteiger partial charge in [-0.05, 0) is 30.2 Å². The SMILES string of the molecule is CC1Cc2cc([C@@H]3CO3)ccc2O1. The van der Waals surface area contributed by atoms with Crippen LogP contribution in [0.2, 0.25) is 0 Å². The average molecular weight is 176 g/mol. The van der Waals surface area contributed by atoms with Crippen molar-refractivity contribution in [1.82, 2.24) is 0 Å². The Morgan fingerprint density at radius 1 is 1.38 bits per heavy atom. The van der Waals surface area contributed by atoms with Gasteiger partial charge in [0.1, 0.15) is 18.0 Å². The summed E-state index contributed by atoms with van der Waals surface area (Å²) in [5, 5.41) is 0. The fraction of sp³-hybridized carbons (Fsp3) is 0.455. The van der Waals surface area contributed by atoms with E-state index in [-0.39, 0.29) is 0 Å². The lowest BCUT2D eigenvalue weighted by Crippen LogP contribution is -2.05. The number of fused-ring (bicyclic) bond motifs is 1. The molecule has 3 rings (SSSR count). The van der Waals surface area contributed by atoms with E-state index in [1.807, 2.05) is 0 Å². The average Bonchev–Trinajstić information content (AvgIpc) is 2.87. The summed E-state index contributed by atoms with van der Waals surface area (Å²) in [6, 6.07) is 6.39. The minimum atomic E-state index is 0.338. The van der Waals surface area contributed by atoms with Crippen LogP contribution in [0.5, 0.6) is 5.75 Å². The van der Waals surface area contributed by atoms with Crippen LogP contribution < -0.4 is 4.74 Å². The van der Waals surface area contributed by atoms with Crippen molar-refractivity contribution in [2.75, 3.05) is 6.61 Å². The Hall–Kier alpha value is -1.02. The molecule has 2 aliphatic rings. The highest BCUT2D eigenvalue weighted by Gasteiger charge is 2.27. The molecule has 0 saturated carbocycles. The van der Waals surface area contributed by atoms with Crippen molar-refractivity contribution < 1.29 is 9.47 Å². The lowest BCUT2D eigenvalue weighted by atomic mass is 10.1. The first kappa shape index (κ1) is 7.39. The van der Waals surface area contributed by atoms with Gasteiger partial charge >= 0.3 is 0 Å². The molecule has 0 aliphatic carbocycles. The van der Waals surface area contributed by atoms with Crippen LogP contribution in [0.4, 0.5) is 0 Å². The van der Waals surface area contributed by atoms with Crippen LogP contribution in [-0.2, 0) is 11.2 Å². The standard InChI is InChI=1S/C11H12O2/c1-7-4-9-5-8(11-6-12-11)2-3-10(9)13-7/h2-3,5,7,11H,4,6H2,1H3/t7?,11-/m0/s1. The van der Waals surface area contributed by atoms with E-state index in [1.54, 1.807) is 0 Å². The zero-order chi connectivity index (χ0) is 8.84. The van der Waals surface area contributed by atoms with Crippen molar-refractivity contribution in [3.8, 4) is 5.75 Å². The van der Waals surface area contributed by atoms with E-state index < -0.39 is 0 Å². The Morgan fingerprint density at radius 3 is 3.00 bits per heavy atom. The Morgan fingerprint density at radius 2 is 2.23 bits per heavy atom. The highest BCUT2D eigenvalue weighted by molar-refractivity contribution is 5.41. The lowest BCUT2D eigenvalue weighted by molar-refractivity contribution is 0.254. The van der Waals surface area contributed by atoms with Crippen LogP contribution in [0, 0.1) is 0 Å². The number of rotatable bonds is 1. The normalized spacial score (nSPS) is 29.6. The first-order valence-corrected chi connectivity index (χ1v) is 4.74. The minimum absolute atomic E-state index is 0.338. The summed E-state index contributed by atoms with van der Waals surface area (Å²) < 4.78 is 10.9. The molecule has 1 unspecified atom stereocenters. The molecule has 1 fully saturated rings. The van der Waals surface area contributed by atoms with Crippen molar-refractivity contribution in [1.29, 1.82) is 0 Å². The fourth-order valence-electron chi connectivity index (χ4n) is 1.88. The van der Waals surface area contributed by atoms with Gasteiger partial charge in [-0.1, -0.05) is 6.07 Å². The first-order valence-electron chi connectivity index (χ1n) is 4.74. The molecule has 0 spiro atoms. The zero-order valence-electron chi connectivity index (χ0n) is 7.62. The largest absolute Gasteiger partial charge is 0.490 e. The first-order chi connectivity index (χ1) is 6.33. The molecule has 68 valence electrons. The van der Waals surface area contributed by atoms with E-state index in [1.165, 1.54) is 11.1 Å². The van der Waals surface area contributed by atoms with E-state index in [0.29, 0.717) is 12.2 Å². The van der Waals surface area contributed by atoms with Gasteiger partial charge in [0.05, 0.1) is 6.61 Å². The van der Waals surface area contributed by atoms with Gasteiger partial charge in [-0.15, -0.1) is 0 Å². The van der Waals surface area contributed by atoms with Gasteiger partial charge < -0.3 is 9.47 Å².